The van der Waals surface area contributed by atoms with Gasteiger partial charge in [-0.1, -0.05) is 12.2 Å². The van der Waals surface area contributed by atoms with Gasteiger partial charge in [0.05, 0.1) is 0 Å². The molecule has 2 nitrogen and oxygen atoms in total. The van der Waals surface area contributed by atoms with E-state index in [0.717, 1.165) is 31.7 Å². The van der Waals surface area contributed by atoms with Crippen LogP contribution in [-0.2, 0) is 4.79 Å². The molecule has 0 bridgehead atoms. The maximum absolute atomic E-state index is 11.0. The molecule has 0 saturated carbocycles. The van der Waals surface area contributed by atoms with Crippen molar-refractivity contribution in [1.29, 1.82) is 0 Å². The van der Waals surface area contributed by atoms with E-state index in [4.69, 9.17) is 0 Å². The van der Waals surface area contributed by atoms with Crippen molar-refractivity contribution in [2.45, 2.75) is 19.3 Å². The lowest BCUT2D eigenvalue weighted by molar-refractivity contribution is -0.124. The van der Waals surface area contributed by atoms with Crippen LogP contribution in [0.3, 0.4) is 0 Å². The van der Waals surface area contributed by atoms with Gasteiger partial charge in [-0.05, 0) is 24.7 Å². The van der Waals surface area contributed by atoms with Gasteiger partial charge in [-0.15, -0.1) is 0 Å². The van der Waals surface area contributed by atoms with Crippen LogP contribution >= 0.6 is 0 Å². The largest absolute Gasteiger partial charge is 0.356 e. The number of nitrogens with one attached hydrogen (secondary N) is 1. The van der Waals surface area contributed by atoms with Crippen molar-refractivity contribution in [3.05, 3.63) is 12.2 Å². The van der Waals surface area contributed by atoms with Gasteiger partial charge < -0.3 is 5.32 Å². The van der Waals surface area contributed by atoms with E-state index in [1.807, 2.05) is 0 Å². The summed E-state index contributed by atoms with van der Waals surface area (Å²) >= 11 is 0. The van der Waals surface area contributed by atoms with Gasteiger partial charge in [0.1, 0.15) is 0 Å². The number of hydrogen-bond donors (Lipinski definition) is 1. The second-order valence-electron chi connectivity index (χ2n) is 3.47. The van der Waals surface area contributed by atoms with Gasteiger partial charge in [0.15, 0.2) is 0 Å². The summed E-state index contributed by atoms with van der Waals surface area (Å²) in [4.78, 5) is 11.0. The van der Waals surface area contributed by atoms with Crippen molar-refractivity contribution in [3.63, 3.8) is 0 Å². The smallest absolute Gasteiger partial charge is 0.220 e. The Morgan fingerprint density at radius 3 is 2.82 bits per heavy atom. The molecular weight excluding hydrogens is 138 g/mol. The van der Waals surface area contributed by atoms with Crippen molar-refractivity contribution in [2.75, 3.05) is 6.54 Å². The summed E-state index contributed by atoms with van der Waals surface area (Å²) in [5, 5.41) is 2.91. The maximum Gasteiger partial charge on any atom is 0.220 e. The highest BCUT2D eigenvalue weighted by atomic mass is 16.1. The summed E-state index contributed by atoms with van der Waals surface area (Å²) in [5.74, 6) is 1.59. The lowest BCUT2D eigenvalue weighted by atomic mass is 9.79. The number of fused-ring (bicyclic) bond motifs is 1. The fourth-order valence-electron chi connectivity index (χ4n) is 1.98. The first-order valence-corrected chi connectivity index (χ1v) is 4.28. The molecule has 2 rings (SSSR count). The molecule has 1 aliphatic heterocycles. The minimum absolute atomic E-state index is 0.238. The molecule has 60 valence electrons. The van der Waals surface area contributed by atoms with Crippen LogP contribution in [0, 0.1) is 11.8 Å². The van der Waals surface area contributed by atoms with E-state index < -0.39 is 0 Å². The van der Waals surface area contributed by atoms with Crippen LogP contribution in [0.25, 0.3) is 0 Å². The van der Waals surface area contributed by atoms with Gasteiger partial charge in [0.2, 0.25) is 5.91 Å². The van der Waals surface area contributed by atoms with Gasteiger partial charge in [-0.25, -0.2) is 0 Å². The van der Waals surface area contributed by atoms with Crippen molar-refractivity contribution in [1.82, 2.24) is 5.32 Å². The number of allylic oxidation sites excluding steroid dienone is 2. The first-order chi connectivity index (χ1) is 5.36. The van der Waals surface area contributed by atoms with E-state index in [2.05, 4.69) is 17.5 Å². The Balaban J connectivity index is 2.06. The molecule has 1 saturated heterocycles. The van der Waals surface area contributed by atoms with Crippen molar-refractivity contribution >= 4 is 5.91 Å². The third-order valence-corrected chi connectivity index (χ3v) is 2.72. The Hall–Kier alpha value is -0.790. The number of piperidine rings is 1. The Kier molecular flexibility index (Phi) is 1.68. The molecule has 1 heterocycles. The maximum atomic E-state index is 11.0. The predicted molar refractivity (Wildman–Crippen MR) is 43.0 cm³/mol. The lowest BCUT2D eigenvalue weighted by Crippen LogP contribution is -2.41. The van der Waals surface area contributed by atoms with E-state index in [-0.39, 0.29) is 5.91 Å². The van der Waals surface area contributed by atoms with Gasteiger partial charge in [0.25, 0.3) is 0 Å². The van der Waals surface area contributed by atoms with E-state index in [1.165, 1.54) is 0 Å². The van der Waals surface area contributed by atoms with E-state index >= 15 is 0 Å². The van der Waals surface area contributed by atoms with Crippen LogP contribution < -0.4 is 5.32 Å². The van der Waals surface area contributed by atoms with Crippen LogP contribution in [0.5, 0.6) is 0 Å². The highest BCUT2D eigenvalue weighted by Gasteiger charge is 2.28. The second kappa shape index (κ2) is 2.68. The Morgan fingerprint density at radius 1 is 1.27 bits per heavy atom. The van der Waals surface area contributed by atoms with Gasteiger partial charge in [-0.2, -0.15) is 0 Å². The third kappa shape index (κ3) is 1.30. The molecule has 0 radical (unpaired) electrons. The van der Waals surface area contributed by atoms with Gasteiger partial charge >= 0.3 is 0 Å². The molecule has 0 aromatic rings. The Labute approximate surface area is 66.7 Å². The Morgan fingerprint density at radius 2 is 2.00 bits per heavy atom. The molecular formula is C9H13NO. The van der Waals surface area contributed by atoms with Gasteiger partial charge in [0, 0.05) is 13.0 Å². The quantitative estimate of drug-likeness (QED) is 0.516. The highest BCUT2D eigenvalue weighted by Crippen LogP contribution is 2.29. The van der Waals surface area contributed by atoms with Gasteiger partial charge in [-0.3, -0.25) is 4.79 Å². The number of amides is 1. The summed E-state index contributed by atoms with van der Waals surface area (Å²) < 4.78 is 0. The summed E-state index contributed by atoms with van der Waals surface area (Å²) in [6.07, 6.45) is 7.45. The fraction of sp³-hybridized carbons (Fsp3) is 0.667. The molecule has 1 amide bonds. The van der Waals surface area contributed by atoms with Crippen LogP contribution in [0.2, 0.25) is 0 Å². The summed E-state index contributed by atoms with van der Waals surface area (Å²) in [6, 6.07) is 0. The second-order valence-corrected chi connectivity index (χ2v) is 3.47. The minimum Gasteiger partial charge on any atom is -0.356 e. The number of carbonyl (C=O) groups excluding carboxylic acids is 1. The normalized spacial score (nSPS) is 36.2. The van der Waals surface area contributed by atoms with Crippen molar-refractivity contribution in [2.24, 2.45) is 11.8 Å². The molecule has 0 aromatic carbocycles. The van der Waals surface area contributed by atoms with Crippen LogP contribution in [0.1, 0.15) is 19.3 Å². The zero-order chi connectivity index (χ0) is 7.68. The first kappa shape index (κ1) is 6.89. The van der Waals surface area contributed by atoms with Crippen molar-refractivity contribution in [3.8, 4) is 0 Å². The molecule has 2 heteroatoms. The molecule has 1 aliphatic carbocycles. The number of hydrogen-bond acceptors (Lipinski definition) is 1. The fourth-order valence-corrected chi connectivity index (χ4v) is 1.98. The molecule has 0 unspecified atom stereocenters. The molecule has 1 fully saturated rings. The monoisotopic (exact) mass is 151 g/mol. The molecule has 0 spiro atoms. The number of rotatable bonds is 0. The van der Waals surface area contributed by atoms with E-state index in [0.29, 0.717) is 5.92 Å². The SMILES string of the molecule is O=C1C[C@H]2CC=CC[C@H]2CN1. The van der Waals surface area contributed by atoms with E-state index in [9.17, 15) is 4.79 Å². The molecule has 2 aliphatic rings. The highest BCUT2D eigenvalue weighted by molar-refractivity contribution is 5.77. The average molecular weight is 151 g/mol. The molecule has 11 heavy (non-hydrogen) atoms. The zero-order valence-corrected chi connectivity index (χ0v) is 6.55. The zero-order valence-electron chi connectivity index (χ0n) is 6.55. The van der Waals surface area contributed by atoms with Crippen LogP contribution in [0.4, 0.5) is 0 Å². The summed E-state index contributed by atoms with van der Waals surface area (Å²) in [7, 11) is 0. The number of carbonyl (C=O) groups is 1. The average Bonchev–Trinajstić information content (AvgIpc) is 2.04. The van der Waals surface area contributed by atoms with Crippen molar-refractivity contribution < 1.29 is 4.79 Å². The Bertz CT molecular complexity index is 198. The summed E-state index contributed by atoms with van der Waals surface area (Å²) in [5.41, 5.74) is 0. The topological polar surface area (TPSA) is 29.1 Å². The molecule has 1 N–H and O–H groups in total. The molecule has 2 atom stereocenters. The summed E-state index contributed by atoms with van der Waals surface area (Å²) in [6.45, 7) is 0.897. The molecule has 0 aromatic heterocycles. The van der Waals surface area contributed by atoms with Crippen LogP contribution in [0.15, 0.2) is 12.2 Å². The standard InChI is InChI=1S/C9H13NO/c11-9-5-7-3-1-2-4-8(7)6-10-9/h1-2,7-8H,3-6H2,(H,10,11)/t7-,8+/m1/s1. The predicted octanol–water partition coefficient (Wildman–Crippen LogP) is 1.09. The minimum atomic E-state index is 0.238. The van der Waals surface area contributed by atoms with E-state index in [1.54, 1.807) is 0 Å². The third-order valence-electron chi connectivity index (χ3n) is 2.72. The lowest BCUT2D eigenvalue weighted by Gasteiger charge is -2.32. The first-order valence-electron chi connectivity index (χ1n) is 4.28. The van der Waals surface area contributed by atoms with Crippen LogP contribution in [-0.4, -0.2) is 12.5 Å².